The van der Waals surface area contributed by atoms with Gasteiger partial charge in [-0.3, -0.25) is 4.98 Å². The molecule has 0 aliphatic rings. The van der Waals surface area contributed by atoms with Crippen molar-refractivity contribution in [1.29, 1.82) is 0 Å². The maximum absolute atomic E-state index is 9.43. The highest BCUT2D eigenvalue weighted by Gasteiger charge is 2.12. The summed E-state index contributed by atoms with van der Waals surface area (Å²) < 4.78 is 0. The summed E-state index contributed by atoms with van der Waals surface area (Å²) >= 11 is 0. The normalized spacial score (nSPS) is 12.3. The van der Waals surface area contributed by atoms with Crippen LogP contribution in [0.5, 0.6) is 0 Å². The van der Waals surface area contributed by atoms with Crippen LogP contribution >= 0.6 is 0 Å². The smallest absolute Gasteiger partial charge is 0.162 e. The zero-order chi connectivity index (χ0) is 15.4. The van der Waals surface area contributed by atoms with Gasteiger partial charge in [0, 0.05) is 23.3 Å². The first-order chi connectivity index (χ1) is 10.8. The van der Waals surface area contributed by atoms with Crippen LogP contribution < -0.4 is 5.32 Å². The first kappa shape index (κ1) is 14.4. The fourth-order valence-corrected chi connectivity index (χ4v) is 2.29. The number of hydrogen-bond acceptors (Lipinski definition) is 5. The Balaban J connectivity index is 2.12. The summed E-state index contributed by atoms with van der Waals surface area (Å²) in [5, 5.41) is 13.7. The number of nitrogens with one attached hydrogen (secondary N) is 1. The predicted molar refractivity (Wildman–Crippen MR) is 87.6 cm³/mol. The number of aromatic nitrogens is 3. The summed E-state index contributed by atoms with van der Waals surface area (Å²) in [5.74, 6) is 1.40. The highest BCUT2D eigenvalue weighted by atomic mass is 16.3. The molecule has 0 fully saturated rings. The fraction of sp³-hybridized carbons (Fsp3) is 0.235. The van der Waals surface area contributed by atoms with Crippen molar-refractivity contribution < 1.29 is 5.11 Å². The molecule has 0 bridgehead atoms. The molecule has 0 saturated carbocycles. The average Bonchev–Trinajstić information content (AvgIpc) is 2.60. The molecule has 2 heterocycles. The van der Waals surface area contributed by atoms with Crippen LogP contribution in [0.1, 0.15) is 13.3 Å². The van der Waals surface area contributed by atoms with Crippen molar-refractivity contribution in [3.8, 4) is 11.4 Å². The Morgan fingerprint density at radius 3 is 2.59 bits per heavy atom. The summed E-state index contributed by atoms with van der Waals surface area (Å²) in [5.41, 5.74) is 1.79. The Hall–Kier alpha value is -2.53. The van der Waals surface area contributed by atoms with Gasteiger partial charge < -0.3 is 10.4 Å². The summed E-state index contributed by atoms with van der Waals surface area (Å²) in [7, 11) is 0. The SMILES string of the molecule is CCC(CO)Nc1nc(-c2ccncc2)nc2ccccc12. The summed E-state index contributed by atoms with van der Waals surface area (Å²) in [6.07, 6.45) is 4.27. The lowest BCUT2D eigenvalue weighted by Gasteiger charge is -2.17. The molecule has 0 radical (unpaired) electrons. The second-order valence-electron chi connectivity index (χ2n) is 5.08. The van der Waals surface area contributed by atoms with E-state index in [1.807, 2.05) is 43.3 Å². The van der Waals surface area contributed by atoms with Gasteiger partial charge in [-0.15, -0.1) is 0 Å². The minimum Gasteiger partial charge on any atom is -0.394 e. The molecular formula is C17H18N4O. The Labute approximate surface area is 129 Å². The molecule has 1 atom stereocenters. The van der Waals surface area contributed by atoms with Gasteiger partial charge in [-0.05, 0) is 30.7 Å². The minimum atomic E-state index is -0.0244. The third kappa shape index (κ3) is 2.89. The monoisotopic (exact) mass is 294 g/mol. The van der Waals surface area contributed by atoms with Crippen LogP contribution in [0.4, 0.5) is 5.82 Å². The molecule has 3 aromatic rings. The summed E-state index contributed by atoms with van der Waals surface area (Å²) in [6.45, 7) is 2.10. The van der Waals surface area contributed by atoms with Crippen molar-refractivity contribution in [3.63, 3.8) is 0 Å². The van der Waals surface area contributed by atoms with Crippen LogP contribution in [-0.4, -0.2) is 32.7 Å². The Kier molecular flexibility index (Phi) is 4.25. The molecule has 0 amide bonds. The number of benzene rings is 1. The van der Waals surface area contributed by atoms with E-state index in [1.165, 1.54) is 0 Å². The van der Waals surface area contributed by atoms with E-state index >= 15 is 0 Å². The van der Waals surface area contributed by atoms with Gasteiger partial charge in [-0.2, -0.15) is 0 Å². The molecule has 3 rings (SSSR count). The molecular weight excluding hydrogens is 276 g/mol. The molecule has 1 aromatic carbocycles. The molecule has 112 valence electrons. The molecule has 0 aliphatic carbocycles. The van der Waals surface area contributed by atoms with E-state index in [1.54, 1.807) is 12.4 Å². The lowest BCUT2D eigenvalue weighted by Crippen LogP contribution is -2.23. The second-order valence-corrected chi connectivity index (χ2v) is 5.08. The number of aliphatic hydroxyl groups is 1. The fourth-order valence-electron chi connectivity index (χ4n) is 2.29. The largest absolute Gasteiger partial charge is 0.394 e. The van der Waals surface area contributed by atoms with Gasteiger partial charge in [0.1, 0.15) is 5.82 Å². The van der Waals surface area contributed by atoms with Crippen LogP contribution in [0.25, 0.3) is 22.3 Å². The predicted octanol–water partition coefficient (Wildman–Crippen LogP) is 2.87. The third-order valence-electron chi connectivity index (χ3n) is 3.60. The van der Waals surface area contributed by atoms with Crippen molar-refractivity contribution in [3.05, 3.63) is 48.8 Å². The minimum absolute atomic E-state index is 0.0244. The molecule has 0 saturated heterocycles. The Bertz CT molecular complexity index is 757. The van der Waals surface area contributed by atoms with Crippen molar-refractivity contribution >= 4 is 16.7 Å². The Morgan fingerprint density at radius 1 is 1.09 bits per heavy atom. The van der Waals surface area contributed by atoms with E-state index in [0.717, 1.165) is 28.7 Å². The van der Waals surface area contributed by atoms with Gasteiger partial charge in [0.15, 0.2) is 5.82 Å². The van der Waals surface area contributed by atoms with Gasteiger partial charge in [0.25, 0.3) is 0 Å². The van der Waals surface area contributed by atoms with Gasteiger partial charge in [0.2, 0.25) is 0 Å². The van der Waals surface area contributed by atoms with E-state index < -0.39 is 0 Å². The zero-order valence-corrected chi connectivity index (χ0v) is 12.4. The number of nitrogens with zero attached hydrogens (tertiary/aromatic N) is 3. The van der Waals surface area contributed by atoms with Crippen LogP contribution in [0, 0.1) is 0 Å². The number of fused-ring (bicyclic) bond motifs is 1. The lowest BCUT2D eigenvalue weighted by molar-refractivity contribution is 0.271. The van der Waals surface area contributed by atoms with Crippen LogP contribution in [-0.2, 0) is 0 Å². The van der Waals surface area contributed by atoms with Crippen LogP contribution in [0.3, 0.4) is 0 Å². The van der Waals surface area contributed by atoms with Gasteiger partial charge in [-0.1, -0.05) is 19.1 Å². The average molecular weight is 294 g/mol. The molecule has 2 aromatic heterocycles. The quantitative estimate of drug-likeness (QED) is 0.757. The lowest BCUT2D eigenvalue weighted by atomic mass is 10.2. The van der Waals surface area contributed by atoms with E-state index in [0.29, 0.717) is 5.82 Å². The van der Waals surface area contributed by atoms with E-state index in [-0.39, 0.29) is 12.6 Å². The molecule has 0 aliphatic heterocycles. The van der Waals surface area contributed by atoms with E-state index in [4.69, 9.17) is 0 Å². The standard InChI is InChI=1S/C17H18N4O/c1-2-13(11-22)19-17-14-5-3-4-6-15(14)20-16(21-17)12-7-9-18-10-8-12/h3-10,13,22H,2,11H2,1H3,(H,19,20,21). The van der Waals surface area contributed by atoms with Gasteiger partial charge >= 0.3 is 0 Å². The van der Waals surface area contributed by atoms with Crippen LogP contribution in [0.2, 0.25) is 0 Å². The van der Waals surface area contributed by atoms with Gasteiger partial charge in [-0.25, -0.2) is 9.97 Å². The Morgan fingerprint density at radius 2 is 1.86 bits per heavy atom. The van der Waals surface area contributed by atoms with Crippen molar-refractivity contribution in [2.75, 3.05) is 11.9 Å². The van der Waals surface area contributed by atoms with Crippen molar-refractivity contribution in [2.24, 2.45) is 0 Å². The topological polar surface area (TPSA) is 70.9 Å². The molecule has 22 heavy (non-hydrogen) atoms. The maximum atomic E-state index is 9.43. The molecule has 5 heteroatoms. The number of hydrogen-bond donors (Lipinski definition) is 2. The summed E-state index contributed by atoms with van der Waals surface area (Å²) in [6, 6.07) is 11.6. The highest BCUT2D eigenvalue weighted by Crippen LogP contribution is 2.25. The highest BCUT2D eigenvalue weighted by molar-refractivity contribution is 5.90. The molecule has 5 nitrogen and oxygen atoms in total. The number of para-hydroxylation sites is 1. The van der Waals surface area contributed by atoms with Crippen LogP contribution in [0.15, 0.2) is 48.8 Å². The van der Waals surface area contributed by atoms with E-state index in [9.17, 15) is 5.11 Å². The summed E-state index contributed by atoms with van der Waals surface area (Å²) in [4.78, 5) is 13.3. The molecule has 1 unspecified atom stereocenters. The maximum Gasteiger partial charge on any atom is 0.162 e. The van der Waals surface area contributed by atoms with Crippen molar-refractivity contribution in [2.45, 2.75) is 19.4 Å². The number of rotatable bonds is 5. The zero-order valence-electron chi connectivity index (χ0n) is 12.4. The first-order valence-electron chi connectivity index (χ1n) is 7.36. The third-order valence-corrected chi connectivity index (χ3v) is 3.60. The van der Waals surface area contributed by atoms with Crippen molar-refractivity contribution in [1.82, 2.24) is 15.0 Å². The second kappa shape index (κ2) is 6.49. The molecule has 0 spiro atoms. The number of anilines is 1. The number of pyridine rings is 1. The molecule has 2 N–H and O–H groups in total. The van der Waals surface area contributed by atoms with Gasteiger partial charge in [0.05, 0.1) is 18.2 Å². The van der Waals surface area contributed by atoms with E-state index in [2.05, 4.69) is 20.3 Å². The first-order valence-corrected chi connectivity index (χ1v) is 7.36. The number of aliphatic hydroxyl groups excluding tert-OH is 1.